The summed E-state index contributed by atoms with van der Waals surface area (Å²) in [6, 6.07) is 11.8. The number of aromatic nitrogens is 1. The van der Waals surface area contributed by atoms with E-state index in [0.717, 1.165) is 22.6 Å². The summed E-state index contributed by atoms with van der Waals surface area (Å²) < 4.78 is 5.75. The van der Waals surface area contributed by atoms with Crippen LogP contribution in [0.5, 0.6) is 5.75 Å². The fourth-order valence-corrected chi connectivity index (χ4v) is 1.71. The van der Waals surface area contributed by atoms with Gasteiger partial charge in [0, 0.05) is 12.2 Å². The predicted molar refractivity (Wildman–Crippen MR) is 72.4 cm³/mol. The molecule has 0 unspecified atom stereocenters. The molecule has 0 radical (unpaired) electrons. The third-order valence-corrected chi connectivity index (χ3v) is 2.88. The van der Waals surface area contributed by atoms with Crippen molar-refractivity contribution in [1.82, 2.24) is 4.98 Å². The molecule has 0 saturated carbocycles. The highest BCUT2D eigenvalue weighted by Crippen LogP contribution is 2.18. The van der Waals surface area contributed by atoms with E-state index < -0.39 is 0 Å². The van der Waals surface area contributed by atoms with Crippen LogP contribution in [0.2, 0.25) is 0 Å². The standard InChI is InChI=1S/C15H18N2O/c1-11-5-4-8-17-15(11)10-18-14-7-3-6-13(9-14)12(2)16/h3-9,12H,10,16H2,1-2H3/t12-/m1/s1. The lowest BCUT2D eigenvalue weighted by Gasteiger charge is -2.10. The highest BCUT2D eigenvalue weighted by molar-refractivity contribution is 5.30. The summed E-state index contributed by atoms with van der Waals surface area (Å²) in [6.45, 7) is 4.47. The summed E-state index contributed by atoms with van der Waals surface area (Å²) in [5.41, 5.74) is 9.02. The Labute approximate surface area is 108 Å². The monoisotopic (exact) mass is 242 g/mol. The maximum atomic E-state index is 5.85. The first-order valence-electron chi connectivity index (χ1n) is 6.05. The lowest BCUT2D eigenvalue weighted by molar-refractivity contribution is 0.300. The number of hydrogen-bond acceptors (Lipinski definition) is 3. The normalized spacial score (nSPS) is 12.2. The van der Waals surface area contributed by atoms with Crippen LogP contribution in [0.1, 0.15) is 29.8 Å². The average molecular weight is 242 g/mol. The van der Waals surface area contributed by atoms with Gasteiger partial charge in [0.05, 0.1) is 5.69 Å². The molecular formula is C15H18N2O. The minimum atomic E-state index is 0.0186. The molecule has 2 N–H and O–H groups in total. The van der Waals surface area contributed by atoms with Gasteiger partial charge in [-0.15, -0.1) is 0 Å². The van der Waals surface area contributed by atoms with Gasteiger partial charge in [-0.1, -0.05) is 18.2 Å². The van der Waals surface area contributed by atoms with Crippen LogP contribution in [0.25, 0.3) is 0 Å². The van der Waals surface area contributed by atoms with Crippen molar-refractivity contribution in [3.63, 3.8) is 0 Å². The van der Waals surface area contributed by atoms with Crippen molar-refractivity contribution in [2.24, 2.45) is 5.73 Å². The van der Waals surface area contributed by atoms with E-state index in [-0.39, 0.29) is 6.04 Å². The summed E-state index contributed by atoms with van der Waals surface area (Å²) >= 11 is 0. The molecule has 0 aliphatic heterocycles. The van der Waals surface area contributed by atoms with Crippen molar-refractivity contribution in [2.45, 2.75) is 26.5 Å². The smallest absolute Gasteiger partial charge is 0.130 e. The first-order chi connectivity index (χ1) is 8.66. The molecule has 0 amide bonds. The van der Waals surface area contributed by atoms with Gasteiger partial charge in [0.25, 0.3) is 0 Å². The number of nitrogens with zero attached hydrogens (tertiary/aromatic N) is 1. The van der Waals surface area contributed by atoms with Gasteiger partial charge >= 0.3 is 0 Å². The largest absolute Gasteiger partial charge is 0.487 e. The Bertz CT molecular complexity index is 523. The minimum absolute atomic E-state index is 0.0186. The molecule has 94 valence electrons. The minimum Gasteiger partial charge on any atom is -0.487 e. The molecule has 1 heterocycles. The molecule has 0 fully saturated rings. The van der Waals surface area contributed by atoms with Crippen molar-refractivity contribution in [3.8, 4) is 5.75 Å². The number of nitrogens with two attached hydrogens (primary N) is 1. The zero-order valence-electron chi connectivity index (χ0n) is 10.8. The number of hydrogen-bond donors (Lipinski definition) is 1. The molecule has 1 aromatic carbocycles. The van der Waals surface area contributed by atoms with Gasteiger partial charge in [-0.3, -0.25) is 4.98 Å². The van der Waals surface area contributed by atoms with Crippen LogP contribution in [0, 0.1) is 6.92 Å². The van der Waals surface area contributed by atoms with E-state index in [1.165, 1.54) is 0 Å². The molecule has 2 aromatic rings. The van der Waals surface area contributed by atoms with E-state index in [9.17, 15) is 0 Å². The van der Waals surface area contributed by atoms with Crippen LogP contribution in [0.3, 0.4) is 0 Å². The van der Waals surface area contributed by atoms with Crippen molar-refractivity contribution in [1.29, 1.82) is 0 Å². The van der Waals surface area contributed by atoms with Gasteiger partial charge in [0.2, 0.25) is 0 Å². The van der Waals surface area contributed by atoms with E-state index in [2.05, 4.69) is 4.98 Å². The molecule has 3 nitrogen and oxygen atoms in total. The van der Waals surface area contributed by atoms with Crippen LogP contribution in [-0.4, -0.2) is 4.98 Å². The highest BCUT2D eigenvalue weighted by atomic mass is 16.5. The Hall–Kier alpha value is -1.87. The predicted octanol–water partition coefficient (Wildman–Crippen LogP) is 2.99. The van der Waals surface area contributed by atoms with Crippen LogP contribution in [-0.2, 0) is 6.61 Å². The second-order valence-corrected chi connectivity index (χ2v) is 4.42. The quantitative estimate of drug-likeness (QED) is 0.896. The number of aryl methyl sites for hydroxylation is 1. The zero-order chi connectivity index (χ0) is 13.0. The third-order valence-electron chi connectivity index (χ3n) is 2.88. The summed E-state index contributed by atoms with van der Waals surface area (Å²) in [5, 5.41) is 0. The van der Waals surface area contributed by atoms with E-state index in [4.69, 9.17) is 10.5 Å². The lowest BCUT2D eigenvalue weighted by Crippen LogP contribution is -2.05. The molecule has 18 heavy (non-hydrogen) atoms. The Morgan fingerprint density at radius 3 is 2.83 bits per heavy atom. The van der Waals surface area contributed by atoms with Crippen LogP contribution >= 0.6 is 0 Å². The van der Waals surface area contributed by atoms with Crippen LogP contribution in [0.4, 0.5) is 0 Å². The van der Waals surface area contributed by atoms with E-state index in [0.29, 0.717) is 6.61 Å². The molecule has 3 heteroatoms. The van der Waals surface area contributed by atoms with Gasteiger partial charge < -0.3 is 10.5 Å². The molecule has 1 aromatic heterocycles. The summed E-state index contributed by atoms with van der Waals surface area (Å²) in [7, 11) is 0. The van der Waals surface area contributed by atoms with Gasteiger partial charge in [-0.25, -0.2) is 0 Å². The molecule has 0 spiro atoms. The topological polar surface area (TPSA) is 48.1 Å². The van der Waals surface area contributed by atoms with Gasteiger partial charge in [0.15, 0.2) is 0 Å². The van der Waals surface area contributed by atoms with E-state index >= 15 is 0 Å². The Morgan fingerprint density at radius 1 is 1.28 bits per heavy atom. The Balaban J connectivity index is 2.07. The molecule has 1 atom stereocenters. The molecule has 0 bridgehead atoms. The SMILES string of the molecule is Cc1cccnc1COc1cccc([C@@H](C)N)c1. The molecule has 0 aliphatic rings. The number of ether oxygens (including phenoxy) is 1. The van der Waals surface area contributed by atoms with Gasteiger partial charge in [0.1, 0.15) is 12.4 Å². The summed E-state index contributed by atoms with van der Waals surface area (Å²) in [4.78, 5) is 4.30. The van der Waals surface area contributed by atoms with Crippen molar-refractivity contribution in [3.05, 3.63) is 59.4 Å². The lowest BCUT2D eigenvalue weighted by atomic mass is 10.1. The Kier molecular flexibility index (Phi) is 3.95. The number of pyridine rings is 1. The van der Waals surface area contributed by atoms with Crippen LogP contribution in [0.15, 0.2) is 42.6 Å². The summed E-state index contributed by atoms with van der Waals surface area (Å²) in [5.74, 6) is 0.829. The fraction of sp³-hybridized carbons (Fsp3) is 0.267. The van der Waals surface area contributed by atoms with Gasteiger partial charge in [-0.05, 0) is 43.2 Å². The first-order valence-corrected chi connectivity index (χ1v) is 6.05. The maximum Gasteiger partial charge on any atom is 0.130 e. The maximum absolute atomic E-state index is 5.85. The average Bonchev–Trinajstić information content (AvgIpc) is 2.38. The van der Waals surface area contributed by atoms with Crippen molar-refractivity contribution >= 4 is 0 Å². The van der Waals surface area contributed by atoms with Crippen LogP contribution < -0.4 is 10.5 Å². The zero-order valence-corrected chi connectivity index (χ0v) is 10.8. The fourth-order valence-electron chi connectivity index (χ4n) is 1.71. The first kappa shape index (κ1) is 12.6. The van der Waals surface area contributed by atoms with Gasteiger partial charge in [-0.2, -0.15) is 0 Å². The number of benzene rings is 1. The molecule has 0 saturated heterocycles. The summed E-state index contributed by atoms with van der Waals surface area (Å²) in [6.07, 6.45) is 1.78. The Morgan fingerprint density at radius 2 is 2.11 bits per heavy atom. The second kappa shape index (κ2) is 5.65. The molecular weight excluding hydrogens is 224 g/mol. The van der Waals surface area contributed by atoms with Crippen molar-refractivity contribution in [2.75, 3.05) is 0 Å². The highest BCUT2D eigenvalue weighted by Gasteiger charge is 2.03. The van der Waals surface area contributed by atoms with Crippen molar-refractivity contribution < 1.29 is 4.74 Å². The molecule has 2 rings (SSSR count). The molecule has 0 aliphatic carbocycles. The second-order valence-electron chi connectivity index (χ2n) is 4.42. The van der Waals surface area contributed by atoms with E-state index in [1.807, 2.05) is 50.2 Å². The third kappa shape index (κ3) is 3.08. The number of rotatable bonds is 4. The van der Waals surface area contributed by atoms with E-state index in [1.54, 1.807) is 6.20 Å².